The van der Waals surface area contributed by atoms with Gasteiger partial charge < -0.3 is 32.0 Å². The molecule has 0 heterocycles. The maximum Gasteiger partial charge on any atom is 0.303 e. The molecule has 0 saturated carbocycles. The zero-order valence-electron chi connectivity index (χ0n) is 16.1. The largest absolute Gasteiger partial charge is 0.481 e. The van der Waals surface area contributed by atoms with E-state index in [-0.39, 0.29) is 24.4 Å². The van der Waals surface area contributed by atoms with E-state index >= 15 is 0 Å². The lowest BCUT2D eigenvalue weighted by Crippen LogP contribution is -2.54. The fourth-order valence-corrected chi connectivity index (χ4v) is 4.00. The van der Waals surface area contributed by atoms with E-state index in [4.69, 9.17) is 22.6 Å². The van der Waals surface area contributed by atoms with Crippen molar-refractivity contribution in [2.45, 2.75) is 23.4 Å². The zero-order chi connectivity index (χ0) is 23.0. The molecule has 0 aromatic heterocycles. The Labute approximate surface area is 191 Å². The molecule has 1 aliphatic carbocycles. The van der Waals surface area contributed by atoms with Gasteiger partial charge in [0, 0.05) is 22.7 Å². The Morgan fingerprint density at radius 3 is 2.77 bits per heavy atom. The summed E-state index contributed by atoms with van der Waals surface area (Å²) in [5.74, 6) is 2.90. The maximum absolute atomic E-state index is 12.4. The zero-order valence-corrected chi connectivity index (χ0v) is 18.5. The summed E-state index contributed by atoms with van der Waals surface area (Å²) in [5.41, 5.74) is 1.23. The number of carboxylic acids is 1. The Kier molecular flexibility index (Phi) is 8.60. The highest BCUT2D eigenvalue weighted by atomic mass is 79.9. The first-order chi connectivity index (χ1) is 14.6. The molecule has 0 spiro atoms. The minimum Gasteiger partial charge on any atom is -0.481 e. The molecular weight excluding hydrogens is 494 g/mol. The second-order valence-electron chi connectivity index (χ2n) is 6.55. The third kappa shape index (κ3) is 7.09. The van der Waals surface area contributed by atoms with E-state index in [1.165, 1.54) is 18.5 Å². The molecule has 166 valence electrons. The molecule has 0 radical (unpaired) electrons. The summed E-state index contributed by atoms with van der Waals surface area (Å²) in [6.07, 6.45) is 2.70. The normalized spacial score (nSPS) is 20.5. The van der Waals surface area contributed by atoms with Crippen molar-refractivity contribution in [3.8, 4) is 0 Å². The number of aliphatic carboxylic acids is 1. The van der Waals surface area contributed by atoms with Gasteiger partial charge in [0.25, 0.3) is 5.91 Å². The minimum absolute atomic E-state index is 0.0553. The molecule has 0 saturated heterocycles. The first-order valence-corrected chi connectivity index (χ1v) is 10.2. The van der Waals surface area contributed by atoms with E-state index in [2.05, 4.69) is 37.0 Å². The molecule has 10 nitrogen and oxygen atoms in total. The number of hydrogen-bond donors (Lipinski definition) is 6. The molecule has 0 aliphatic heterocycles. The molecular formula is C19H21BrClN5O5. The first kappa shape index (κ1) is 24.4. The topological polar surface area (TPSA) is 166 Å². The number of carboxylic acid groups (broad SMARTS) is 1. The number of hydrogen-bond acceptors (Lipinski definition) is 6. The van der Waals surface area contributed by atoms with Crippen LogP contribution in [0.5, 0.6) is 0 Å². The lowest BCUT2D eigenvalue weighted by molar-refractivity contribution is -0.137. The SMILES string of the molecule is NN=CNc1cccc(C(=O)NCC(=O)NC2(Br)C=C(Cl)C=C(CCC(=O)O)C2O)c1. The number of nitrogens with two attached hydrogens (primary N) is 1. The lowest BCUT2D eigenvalue weighted by atomic mass is 9.93. The highest BCUT2D eigenvalue weighted by molar-refractivity contribution is 9.10. The first-order valence-electron chi connectivity index (χ1n) is 8.99. The van der Waals surface area contributed by atoms with Crippen LogP contribution in [0.3, 0.4) is 0 Å². The standard InChI is InChI=1S/C19H21BrClN5O5/c20-19(8-13(21)6-11(17(19)30)4-5-16(28)29)26-15(27)9-23-18(31)12-2-1-3-14(7-12)24-10-25-22/h1-3,6-8,10,17,30H,4-5,9,22H2,(H,23,31)(H,24,25)(H,26,27)(H,28,29). The van der Waals surface area contributed by atoms with Gasteiger partial charge >= 0.3 is 5.97 Å². The number of nitrogens with zero attached hydrogens (tertiary/aromatic N) is 1. The van der Waals surface area contributed by atoms with Crippen molar-refractivity contribution in [3.05, 3.63) is 52.6 Å². The van der Waals surface area contributed by atoms with Crippen LogP contribution in [0.4, 0.5) is 5.69 Å². The van der Waals surface area contributed by atoms with E-state index in [9.17, 15) is 19.5 Å². The number of aliphatic hydroxyl groups is 1. The van der Waals surface area contributed by atoms with E-state index < -0.39 is 28.3 Å². The smallest absolute Gasteiger partial charge is 0.303 e. The molecule has 1 aliphatic rings. The fraction of sp³-hybridized carbons (Fsp3) is 0.263. The number of aliphatic hydroxyl groups excluding tert-OH is 1. The fourth-order valence-electron chi connectivity index (χ4n) is 2.79. The highest BCUT2D eigenvalue weighted by Crippen LogP contribution is 2.35. The highest BCUT2D eigenvalue weighted by Gasteiger charge is 2.39. The van der Waals surface area contributed by atoms with Crippen molar-refractivity contribution in [2.24, 2.45) is 10.9 Å². The van der Waals surface area contributed by atoms with Crippen molar-refractivity contribution in [2.75, 3.05) is 11.9 Å². The van der Waals surface area contributed by atoms with Crippen LogP contribution in [0.25, 0.3) is 0 Å². The van der Waals surface area contributed by atoms with E-state index in [1.807, 2.05) is 0 Å². The number of halogens is 2. The average Bonchev–Trinajstić information content (AvgIpc) is 2.72. The van der Waals surface area contributed by atoms with Gasteiger partial charge in [-0.05, 0) is 42.3 Å². The van der Waals surface area contributed by atoms with Gasteiger partial charge in [-0.15, -0.1) is 0 Å². The van der Waals surface area contributed by atoms with E-state index in [0.717, 1.165) is 0 Å². The van der Waals surface area contributed by atoms with Crippen molar-refractivity contribution >= 4 is 57.3 Å². The van der Waals surface area contributed by atoms with Crippen LogP contribution in [0, 0.1) is 0 Å². The molecule has 2 amide bonds. The van der Waals surface area contributed by atoms with Crippen LogP contribution in [0.15, 0.2) is 52.1 Å². The van der Waals surface area contributed by atoms with Crippen molar-refractivity contribution in [3.63, 3.8) is 0 Å². The molecule has 2 rings (SSSR count). The third-order valence-corrected chi connectivity index (χ3v) is 5.30. The Hall–Kier alpha value is -2.89. The Morgan fingerprint density at radius 2 is 2.10 bits per heavy atom. The van der Waals surface area contributed by atoms with Crippen LogP contribution in [0.2, 0.25) is 0 Å². The molecule has 1 aromatic carbocycles. The Morgan fingerprint density at radius 1 is 1.35 bits per heavy atom. The van der Waals surface area contributed by atoms with Crippen molar-refractivity contribution < 1.29 is 24.6 Å². The van der Waals surface area contributed by atoms with Gasteiger partial charge in [-0.25, -0.2) is 0 Å². The van der Waals surface area contributed by atoms with Crippen LogP contribution < -0.4 is 21.8 Å². The van der Waals surface area contributed by atoms with Crippen LogP contribution in [-0.2, 0) is 9.59 Å². The summed E-state index contributed by atoms with van der Waals surface area (Å²) in [5, 5.41) is 30.8. The van der Waals surface area contributed by atoms with Crippen molar-refractivity contribution in [1.82, 2.24) is 10.6 Å². The summed E-state index contributed by atoms with van der Waals surface area (Å²) in [7, 11) is 0. The molecule has 0 fully saturated rings. The summed E-state index contributed by atoms with van der Waals surface area (Å²) in [6, 6.07) is 6.46. The number of carbonyl (C=O) groups excluding carboxylic acids is 2. The average molecular weight is 515 g/mol. The molecule has 1 aromatic rings. The van der Waals surface area contributed by atoms with Gasteiger partial charge in [-0.1, -0.05) is 33.6 Å². The predicted molar refractivity (Wildman–Crippen MR) is 120 cm³/mol. The summed E-state index contributed by atoms with van der Waals surface area (Å²) in [4.78, 5) is 35.5. The molecule has 31 heavy (non-hydrogen) atoms. The summed E-state index contributed by atoms with van der Waals surface area (Å²) >= 11 is 9.33. The molecule has 12 heteroatoms. The maximum atomic E-state index is 12.4. The second kappa shape index (κ2) is 10.9. The summed E-state index contributed by atoms with van der Waals surface area (Å²) < 4.78 is -1.44. The molecule has 0 bridgehead atoms. The van der Waals surface area contributed by atoms with Gasteiger partial charge in [0.05, 0.1) is 6.54 Å². The van der Waals surface area contributed by atoms with Gasteiger partial charge in [0.2, 0.25) is 5.91 Å². The Balaban J connectivity index is 1.98. The number of nitrogens with one attached hydrogen (secondary N) is 3. The molecule has 2 unspecified atom stereocenters. The number of rotatable bonds is 9. The number of allylic oxidation sites excluding steroid dienone is 2. The van der Waals surface area contributed by atoms with Crippen LogP contribution in [-0.4, -0.2) is 51.4 Å². The van der Waals surface area contributed by atoms with Crippen molar-refractivity contribution in [1.29, 1.82) is 0 Å². The minimum atomic E-state index is -1.44. The lowest BCUT2D eigenvalue weighted by Gasteiger charge is -2.35. The van der Waals surface area contributed by atoms with Gasteiger partial charge in [0.1, 0.15) is 16.9 Å². The quantitative estimate of drug-likeness (QED) is 0.0719. The van der Waals surface area contributed by atoms with Gasteiger partial charge in [-0.2, -0.15) is 5.10 Å². The molecule has 2 atom stereocenters. The van der Waals surface area contributed by atoms with Gasteiger partial charge in [0.15, 0.2) is 0 Å². The number of alkyl halides is 1. The monoisotopic (exact) mass is 513 g/mol. The number of carbonyl (C=O) groups is 3. The van der Waals surface area contributed by atoms with Gasteiger partial charge in [-0.3, -0.25) is 14.4 Å². The number of anilines is 1. The van der Waals surface area contributed by atoms with E-state index in [1.54, 1.807) is 24.3 Å². The number of hydrazone groups is 1. The second-order valence-corrected chi connectivity index (χ2v) is 8.30. The predicted octanol–water partition coefficient (Wildman–Crippen LogP) is 1.23. The van der Waals surface area contributed by atoms with Crippen LogP contribution in [0.1, 0.15) is 23.2 Å². The summed E-state index contributed by atoms with van der Waals surface area (Å²) in [6.45, 7) is -0.375. The van der Waals surface area contributed by atoms with E-state index in [0.29, 0.717) is 16.8 Å². The van der Waals surface area contributed by atoms with Crippen LogP contribution >= 0.6 is 27.5 Å². The third-order valence-electron chi connectivity index (χ3n) is 4.22. The molecule has 7 N–H and O–H groups in total. The Bertz CT molecular complexity index is 951. The number of amides is 2. The number of benzene rings is 1.